The van der Waals surface area contributed by atoms with Crippen LogP contribution >= 0.6 is 0 Å². The van der Waals surface area contributed by atoms with Crippen molar-refractivity contribution >= 4 is 5.91 Å². The van der Waals surface area contributed by atoms with Crippen molar-refractivity contribution in [3.63, 3.8) is 0 Å². The van der Waals surface area contributed by atoms with Gasteiger partial charge in [-0.05, 0) is 18.8 Å². The Morgan fingerprint density at radius 3 is 2.73 bits per heavy atom. The summed E-state index contributed by atoms with van der Waals surface area (Å²) < 4.78 is 10.5. The fourth-order valence-corrected chi connectivity index (χ4v) is 2.81. The number of aromatic nitrogens is 1. The molecule has 0 unspecified atom stereocenters. The zero-order chi connectivity index (χ0) is 15.4. The van der Waals surface area contributed by atoms with E-state index in [4.69, 9.17) is 9.26 Å². The molecule has 3 rings (SSSR count). The SMILES string of the molecule is COCC1CCN(C(=O)c2cc(-c3ccccc3)on2)CC1. The van der Waals surface area contributed by atoms with Gasteiger partial charge < -0.3 is 14.2 Å². The van der Waals surface area contributed by atoms with Crippen molar-refractivity contribution in [3.05, 3.63) is 42.1 Å². The number of ether oxygens (including phenoxy) is 1. The Kier molecular flexibility index (Phi) is 4.53. The lowest BCUT2D eigenvalue weighted by Gasteiger charge is -2.31. The highest BCUT2D eigenvalue weighted by molar-refractivity contribution is 5.93. The average Bonchev–Trinajstić information content (AvgIpc) is 3.06. The minimum Gasteiger partial charge on any atom is -0.384 e. The van der Waals surface area contributed by atoms with Gasteiger partial charge in [-0.3, -0.25) is 4.79 Å². The van der Waals surface area contributed by atoms with Gasteiger partial charge in [0.05, 0.1) is 0 Å². The molecular formula is C17H20N2O3. The van der Waals surface area contributed by atoms with Crippen LogP contribution < -0.4 is 0 Å². The van der Waals surface area contributed by atoms with Crippen LogP contribution in [0.4, 0.5) is 0 Å². The van der Waals surface area contributed by atoms with Gasteiger partial charge in [-0.1, -0.05) is 35.5 Å². The van der Waals surface area contributed by atoms with E-state index < -0.39 is 0 Å². The van der Waals surface area contributed by atoms with E-state index in [0.717, 1.165) is 38.1 Å². The number of benzene rings is 1. The summed E-state index contributed by atoms with van der Waals surface area (Å²) in [5, 5.41) is 3.93. The molecule has 1 fully saturated rings. The van der Waals surface area contributed by atoms with Gasteiger partial charge in [-0.25, -0.2) is 0 Å². The lowest BCUT2D eigenvalue weighted by molar-refractivity contribution is 0.0604. The second kappa shape index (κ2) is 6.75. The normalized spacial score (nSPS) is 16.0. The molecule has 2 heterocycles. The lowest BCUT2D eigenvalue weighted by atomic mass is 9.97. The van der Waals surface area contributed by atoms with E-state index in [1.807, 2.05) is 35.2 Å². The Balaban J connectivity index is 1.65. The van der Waals surface area contributed by atoms with Crippen molar-refractivity contribution in [2.45, 2.75) is 12.8 Å². The van der Waals surface area contributed by atoms with E-state index in [0.29, 0.717) is 17.4 Å². The molecule has 1 aromatic heterocycles. The van der Waals surface area contributed by atoms with Crippen LogP contribution in [-0.2, 0) is 4.74 Å². The van der Waals surface area contributed by atoms with Crippen LogP contribution in [-0.4, -0.2) is 42.8 Å². The quantitative estimate of drug-likeness (QED) is 0.871. The van der Waals surface area contributed by atoms with Gasteiger partial charge in [0.1, 0.15) is 0 Å². The average molecular weight is 300 g/mol. The Bertz CT molecular complexity index is 616. The molecule has 2 aromatic rings. The Morgan fingerprint density at radius 2 is 2.05 bits per heavy atom. The molecule has 0 N–H and O–H groups in total. The highest BCUT2D eigenvalue weighted by Crippen LogP contribution is 2.22. The van der Waals surface area contributed by atoms with Crippen molar-refractivity contribution in [3.8, 4) is 11.3 Å². The fraction of sp³-hybridized carbons (Fsp3) is 0.412. The topological polar surface area (TPSA) is 55.6 Å². The summed E-state index contributed by atoms with van der Waals surface area (Å²) in [4.78, 5) is 14.3. The lowest BCUT2D eigenvalue weighted by Crippen LogP contribution is -2.39. The molecule has 1 saturated heterocycles. The first kappa shape index (κ1) is 14.8. The first-order valence-electron chi connectivity index (χ1n) is 7.58. The molecule has 0 saturated carbocycles. The number of hydrogen-bond acceptors (Lipinski definition) is 4. The number of likely N-dealkylation sites (tertiary alicyclic amines) is 1. The Labute approximate surface area is 129 Å². The molecule has 116 valence electrons. The zero-order valence-electron chi connectivity index (χ0n) is 12.7. The van der Waals surface area contributed by atoms with Gasteiger partial charge in [0.15, 0.2) is 11.5 Å². The maximum atomic E-state index is 12.5. The standard InChI is InChI=1S/C17H20N2O3/c1-21-12-13-7-9-19(10-8-13)17(20)15-11-16(22-18-15)14-5-3-2-4-6-14/h2-6,11,13H,7-10,12H2,1H3. The molecule has 5 heteroatoms. The number of methoxy groups -OCH3 is 1. The van der Waals surface area contributed by atoms with Crippen molar-refractivity contribution in [1.82, 2.24) is 10.1 Å². The van der Waals surface area contributed by atoms with Crippen molar-refractivity contribution < 1.29 is 14.1 Å². The molecule has 0 spiro atoms. The first-order valence-corrected chi connectivity index (χ1v) is 7.58. The summed E-state index contributed by atoms with van der Waals surface area (Å²) in [6.07, 6.45) is 1.95. The first-order chi connectivity index (χ1) is 10.8. The predicted molar refractivity (Wildman–Crippen MR) is 82.4 cm³/mol. The van der Waals surface area contributed by atoms with Gasteiger partial charge in [0, 0.05) is 38.4 Å². The summed E-state index contributed by atoms with van der Waals surface area (Å²) in [7, 11) is 1.72. The minimum atomic E-state index is -0.0539. The molecule has 1 amide bonds. The van der Waals surface area contributed by atoms with Gasteiger partial charge in [-0.2, -0.15) is 0 Å². The summed E-state index contributed by atoms with van der Waals surface area (Å²) in [5.74, 6) is 1.12. The largest absolute Gasteiger partial charge is 0.384 e. The van der Waals surface area contributed by atoms with Gasteiger partial charge in [0.25, 0.3) is 5.91 Å². The third-order valence-corrected chi connectivity index (χ3v) is 4.09. The summed E-state index contributed by atoms with van der Waals surface area (Å²) in [6.45, 7) is 2.27. The Morgan fingerprint density at radius 1 is 1.32 bits per heavy atom. The number of carbonyl (C=O) groups excluding carboxylic acids is 1. The van der Waals surface area contributed by atoms with Crippen molar-refractivity contribution in [2.24, 2.45) is 5.92 Å². The number of amides is 1. The van der Waals surface area contributed by atoms with Gasteiger partial charge in [-0.15, -0.1) is 0 Å². The maximum absolute atomic E-state index is 12.5. The number of carbonyl (C=O) groups is 1. The van der Waals surface area contributed by atoms with E-state index in [1.165, 1.54) is 0 Å². The predicted octanol–water partition coefficient (Wildman–Crippen LogP) is 2.84. The zero-order valence-corrected chi connectivity index (χ0v) is 12.7. The summed E-state index contributed by atoms with van der Waals surface area (Å²) in [5.41, 5.74) is 1.30. The van der Waals surface area contributed by atoms with E-state index in [-0.39, 0.29) is 5.91 Å². The highest BCUT2D eigenvalue weighted by Gasteiger charge is 2.25. The van der Waals surface area contributed by atoms with E-state index in [9.17, 15) is 4.79 Å². The number of rotatable bonds is 4. The second-order valence-electron chi connectivity index (χ2n) is 5.63. The van der Waals surface area contributed by atoms with Crippen molar-refractivity contribution in [2.75, 3.05) is 26.8 Å². The van der Waals surface area contributed by atoms with Crippen LogP contribution in [0.5, 0.6) is 0 Å². The van der Waals surface area contributed by atoms with E-state index in [1.54, 1.807) is 13.2 Å². The highest BCUT2D eigenvalue weighted by atomic mass is 16.5. The molecule has 22 heavy (non-hydrogen) atoms. The summed E-state index contributed by atoms with van der Waals surface area (Å²) in [6, 6.07) is 11.4. The van der Waals surface area contributed by atoms with E-state index >= 15 is 0 Å². The molecule has 0 bridgehead atoms. The second-order valence-corrected chi connectivity index (χ2v) is 5.63. The molecule has 0 radical (unpaired) electrons. The molecule has 5 nitrogen and oxygen atoms in total. The van der Waals surface area contributed by atoms with Crippen LogP contribution in [0.3, 0.4) is 0 Å². The van der Waals surface area contributed by atoms with Gasteiger partial charge in [0.2, 0.25) is 0 Å². The smallest absolute Gasteiger partial charge is 0.276 e. The molecule has 1 aliphatic heterocycles. The molecular weight excluding hydrogens is 280 g/mol. The molecule has 1 aliphatic rings. The van der Waals surface area contributed by atoms with Crippen LogP contribution in [0.25, 0.3) is 11.3 Å². The summed E-state index contributed by atoms with van der Waals surface area (Å²) >= 11 is 0. The van der Waals surface area contributed by atoms with Crippen LogP contribution in [0.15, 0.2) is 40.9 Å². The number of piperidine rings is 1. The fourth-order valence-electron chi connectivity index (χ4n) is 2.81. The maximum Gasteiger partial charge on any atom is 0.276 e. The third-order valence-electron chi connectivity index (χ3n) is 4.09. The van der Waals surface area contributed by atoms with Crippen LogP contribution in [0, 0.1) is 5.92 Å². The van der Waals surface area contributed by atoms with Crippen LogP contribution in [0.2, 0.25) is 0 Å². The van der Waals surface area contributed by atoms with Crippen LogP contribution in [0.1, 0.15) is 23.3 Å². The van der Waals surface area contributed by atoms with E-state index in [2.05, 4.69) is 5.16 Å². The number of nitrogens with zero attached hydrogens (tertiary/aromatic N) is 2. The third kappa shape index (κ3) is 3.20. The minimum absolute atomic E-state index is 0.0539. The van der Waals surface area contributed by atoms with Crippen molar-refractivity contribution in [1.29, 1.82) is 0 Å². The molecule has 0 atom stereocenters. The molecule has 1 aromatic carbocycles. The molecule has 0 aliphatic carbocycles. The monoisotopic (exact) mass is 300 g/mol. The van der Waals surface area contributed by atoms with Gasteiger partial charge >= 0.3 is 0 Å². The number of hydrogen-bond donors (Lipinski definition) is 0. The Hall–Kier alpha value is -2.14.